The van der Waals surface area contributed by atoms with Gasteiger partial charge in [-0.15, -0.1) is 0 Å². The quantitative estimate of drug-likeness (QED) is 0.721. The molecule has 0 heterocycles. The van der Waals surface area contributed by atoms with Gasteiger partial charge in [0.1, 0.15) is 0 Å². The molecule has 14 heavy (non-hydrogen) atoms. The Bertz CT molecular complexity index is 260. The van der Waals surface area contributed by atoms with Gasteiger partial charge < -0.3 is 5.32 Å². The summed E-state index contributed by atoms with van der Waals surface area (Å²) in [4.78, 5) is 0. The molecule has 0 aliphatic heterocycles. The molecule has 1 aromatic carbocycles. The summed E-state index contributed by atoms with van der Waals surface area (Å²) in [5.74, 6) is 2.39. The molecule has 0 saturated heterocycles. The van der Waals surface area contributed by atoms with Gasteiger partial charge in [-0.3, -0.25) is 0 Å². The molecule has 0 spiro atoms. The molecule has 0 aliphatic rings. The van der Waals surface area contributed by atoms with E-state index in [1.165, 1.54) is 22.8 Å². The zero-order valence-corrected chi connectivity index (χ0v) is 9.86. The number of hydrogen-bond acceptors (Lipinski definition) is 2. The van der Waals surface area contributed by atoms with E-state index < -0.39 is 0 Å². The fourth-order valence-electron chi connectivity index (χ4n) is 1.40. The normalized spacial score (nSPS) is 10.1. The van der Waals surface area contributed by atoms with E-state index in [0.29, 0.717) is 0 Å². The zero-order valence-electron chi connectivity index (χ0n) is 9.05. The van der Waals surface area contributed by atoms with Crippen molar-refractivity contribution in [2.75, 3.05) is 23.4 Å². The molecule has 0 aliphatic carbocycles. The van der Waals surface area contributed by atoms with E-state index in [-0.39, 0.29) is 0 Å². The van der Waals surface area contributed by atoms with Crippen LogP contribution in [0.15, 0.2) is 24.3 Å². The van der Waals surface area contributed by atoms with Crippen molar-refractivity contribution in [2.45, 2.75) is 20.3 Å². The van der Waals surface area contributed by atoms with Gasteiger partial charge in [-0.05, 0) is 23.8 Å². The molecule has 0 fully saturated rings. The first-order chi connectivity index (χ1) is 6.88. The molecule has 1 N–H and O–H groups in total. The molecular weight excluding hydrogens is 190 g/mol. The van der Waals surface area contributed by atoms with E-state index in [1.807, 2.05) is 11.8 Å². The maximum atomic E-state index is 3.48. The largest absolute Gasteiger partial charge is 0.384 e. The summed E-state index contributed by atoms with van der Waals surface area (Å²) in [6.45, 7) is 5.46. The van der Waals surface area contributed by atoms with E-state index >= 15 is 0 Å². The van der Waals surface area contributed by atoms with Gasteiger partial charge in [0.2, 0.25) is 0 Å². The predicted octanol–water partition coefficient (Wildman–Crippen LogP) is 3.41. The third-order valence-electron chi connectivity index (χ3n) is 2.16. The molecule has 0 aromatic heterocycles. The lowest BCUT2D eigenvalue weighted by Crippen LogP contribution is -2.06. The molecule has 1 rings (SSSR count). The lowest BCUT2D eigenvalue weighted by atomic mass is 10.1. The Kier molecular flexibility index (Phi) is 5.53. The number of nitrogens with one attached hydrogen (secondary N) is 1. The maximum absolute atomic E-state index is 3.48. The number of thioether (sulfide) groups is 1. The summed E-state index contributed by atoms with van der Waals surface area (Å²) in [6.07, 6.45) is 1.10. The second-order valence-electron chi connectivity index (χ2n) is 3.13. The van der Waals surface area contributed by atoms with Gasteiger partial charge in [0, 0.05) is 18.0 Å². The monoisotopic (exact) mass is 209 g/mol. The van der Waals surface area contributed by atoms with Gasteiger partial charge in [0.25, 0.3) is 0 Å². The van der Waals surface area contributed by atoms with Crippen LogP contribution < -0.4 is 5.32 Å². The Morgan fingerprint density at radius 3 is 2.71 bits per heavy atom. The van der Waals surface area contributed by atoms with Gasteiger partial charge in [-0.25, -0.2) is 0 Å². The Morgan fingerprint density at radius 2 is 2.00 bits per heavy atom. The van der Waals surface area contributed by atoms with Crippen LogP contribution in [-0.2, 0) is 6.42 Å². The van der Waals surface area contributed by atoms with Crippen molar-refractivity contribution < 1.29 is 0 Å². The lowest BCUT2D eigenvalue weighted by Gasteiger charge is -2.09. The highest BCUT2D eigenvalue weighted by molar-refractivity contribution is 7.99. The first-order valence-corrected chi connectivity index (χ1v) is 6.43. The number of anilines is 1. The summed E-state index contributed by atoms with van der Waals surface area (Å²) in [7, 11) is 0. The highest BCUT2D eigenvalue weighted by Crippen LogP contribution is 2.15. The Balaban J connectivity index is 2.41. The van der Waals surface area contributed by atoms with Crippen LogP contribution in [0, 0.1) is 0 Å². The first kappa shape index (κ1) is 11.4. The standard InChI is InChI=1S/C12H19NS/c1-3-11-7-5-6-8-12(11)13-9-10-14-4-2/h5-8,13H,3-4,9-10H2,1-2H3. The van der Waals surface area contributed by atoms with Crippen molar-refractivity contribution in [3.8, 4) is 0 Å². The molecule has 0 bridgehead atoms. The van der Waals surface area contributed by atoms with Crippen LogP contribution >= 0.6 is 11.8 Å². The SMILES string of the molecule is CCSCCNc1ccccc1CC. The van der Waals surface area contributed by atoms with Crippen molar-refractivity contribution in [3.63, 3.8) is 0 Å². The molecule has 0 radical (unpaired) electrons. The summed E-state index contributed by atoms with van der Waals surface area (Å²) < 4.78 is 0. The van der Waals surface area contributed by atoms with E-state index in [2.05, 4.69) is 43.4 Å². The van der Waals surface area contributed by atoms with Gasteiger partial charge in [0.05, 0.1) is 0 Å². The summed E-state index contributed by atoms with van der Waals surface area (Å²) in [6, 6.07) is 8.55. The van der Waals surface area contributed by atoms with Crippen molar-refractivity contribution in [1.82, 2.24) is 0 Å². The molecule has 0 saturated carbocycles. The minimum Gasteiger partial charge on any atom is -0.384 e. The lowest BCUT2D eigenvalue weighted by molar-refractivity contribution is 1.12. The Hall–Kier alpha value is -0.630. The highest BCUT2D eigenvalue weighted by Gasteiger charge is 1.97. The summed E-state index contributed by atoms with van der Waals surface area (Å²) in [5, 5.41) is 3.48. The smallest absolute Gasteiger partial charge is 0.0372 e. The van der Waals surface area contributed by atoms with Crippen LogP contribution in [0.3, 0.4) is 0 Å². The Labute approximate surface area is 91.3 Å². The molecule has 0 atom stereocenters. The van der Waals surface area contributed by atoms with Crippen LogP contribution in [0.5, 0.6) is 0 Å². The van der Waals surface area contributed by atoms with E-state index in [1.54, 1.807) is 0 Å². The molecule has 0 unspecified atom stereocenters. The zero-order chi connectivity index (χ0) is 10.2. The first-order valence-electron chi connectivity index (χ1n) is 5.28. The van der Waals surface area contributed by atoms with E-state index in [0.717, 1.165) is 13.0 Å². The van der Waals surface area contributed by atoms with Crippen molar-refractivity contribution in [1.29, 1.82) is 0 Å². The van der Waals surface area contributed by atoms with Crippen LogP contribution in [0.1, 0.15) is 19.4 Å². The number of benzene rings is 1. The van der Waals surface area contributed by atoms with Crippen molar-refractivity contribution in [2.24, 2.45) is 0 Å². The molecule has 2 heteroatoms. The molecule has 1 aromatic rings. The van der Waals surface area contributed by atoms with Gasteiger partial charge in [-0.2, -0.15) is 11.8 Å². The van der Waals surface area contributed by atoms with Gasteiger partial charge in [-0.1, -0.05) is 32.0 Å². The van der Waals surface area contributed by atoms with E-state index in [4.69, 9.17) is 0 Å². The fourth-order valence-corrected chi connectivity index (χ4v) is 1.94. The number of aryl methyl sites for hydroxylation is 1. The molecule has 1 nitrogen and oxygen atoms in total. The van der Waals surface area contributed by atoms with Crippen LogP contribution in [0.25, 0.3) is 0 Å². The number of para-hydroxylation sites is 1. The highest BCUT2D eigenvalue weighted by atomic mass is 32.2. The fraction of sp³-hybridized carbons (Fsp3) is 0.500. The molecular formula is C12H19NS. The number of rotatable bonds is 6. The molecule has 78 valence electrons. The topological polar surface area (TPSA) is 12.0 Å². The molecule has 0 amide bonds. The maximum Gasteiger partial charge on any atom is 0.0372 e. The second kappa shape index (κ2) is 6.77. The minimum atomic E-state index is 1.06. The summed E-state index contributed by atoms with van der Waals surface area (Å²) >= 11 is 1.98. The Morgan fingerprint density at radius 1 is 1.21 bits per heavy atom. The van der Waals surface area contributed by atoms with Gasteiger partial charge >= 0.3 is 0 Å². The van der Waals surface area contributed by atoms with Gasteiger partial charge in [0.15, 0.2) is 0 Å². The minimum absolute atomic E-state index is 1.06. The second-order valence-corrected chi connectivity index (χ2v) is 4.53. The van der Waals surface area contributed by atoms with Crippen LogP contribution in [0.2, 0.25) is 0 Å². The average molecular weight is 209 g/mol. The van der Waals surface area contributed by atoms with Crippen molar-refractivity contribution >= 4 is 17.4 Å². The van der Waals surface area contributed by atoms with Crippen LogP contribution in [0.4, 0.5) is 5.69 Å². The third-order valence-corrected chi connectivity index (χ3v) is 3.07. The van der Waals surface area contributed by atoms with E-state index in [9.17, 15) is 0 Å². The predicted molar refractivity (Wildman–Crippen MR) is 67.3 cm³/mol. The average Bonchev–Trinajstić information content (AvgIpc) is 2.25. The number of hydrogen-bond donors (Lipinski definition) is 1. The third kappa shape index (κ3) is 3.62. The van der Waals surface area contributed by atoms with Crippen molar-refractivity contribution in [3.05, 3.63) is 29.8 Å². The summed E-state index contributed by atoms with van der Waals surface area (Å²) in [5.41, 5.74) is 2.71. The van der Waals surface area contributed by atoms with Crippen LogP contribution in [-0.4, -0.2) is 18.1 Å².